The molecule has 0 amide bonds. The van der Waals surface area contributed by atoms with E-state index in [0.29, 0.717) is 0 Å². The van der Waals surface area contributed by atoms with Crippen LogP contribution in [0, 0.1) is 11.6 Å². The Labute approximate surface area is 90.8 Å². The van der Waals surface area contributed by atoms with Gasteiger partial charge in [0.05, 0.1) is 0 Å². The predicted molar refractivity (Wildman–Crippen MR) is 56.2 cm³/mol. The van der Waals surface area contributed by atoms with Gasteiger partial charge in [-0.15, -0.1) is 0 Å². The molecule has 2 rings (SSSR count). The average Bonchev–Trinajstić information content (AvgIpc) is 2.28. The van der Waals surface area contributed by atoms with Crippen molar-refractivity contribution in [1.29, 1.82) is 0 Å². The van der Waals surface area contributed by atoms with Gasteiger partial charge in [-0.1, -0.05) is 12.1 Å². The summed E-state index contributed by atoms with van der Waals surface area (Å²) >= 11 is 0. The molecule has 0 saturated carbocycles. The molecule has 82 valence electrons. The van der Waals surface area contributed by atoms with Crippen molar-refractivity contribution in [3.63, 3.8) is 0 Å². The van der Waals surface area contributed by atoms with Crippen molar-refractivity contribution in [2.24, 2.45) is 0 Å². The maximum absolute atomic E-state index is 13.3. The lowest BCUT2D eigenvalue weighted by molar-refractivity contribution is 0.495. The molecule has 1 heterocycles. The topological polar surface area (TPSA) is 22.0 Å². The summed E-state index contributed by atoms with van der Waals surface area (Å²) in [5.74, 6) is -1.71. The molecular formula is C12H9F2NO. The highest BCUT2D eigenvalue weighted by atomic mass is 19.2. The third-order valence-corrected chi connectivity index (χ3v) is 2.25. The Balaban J connectivity index is 2.30. The summed E-state index contributed by atoms with van der Waals surface area (Å²) in [6.07, 6.45) is 3.07. The van der Waals surface area contributed by atoms with Gasteiger partial charge in [-0.25, -0.2) is 8.78 Å². The first kappa shape index (κ1) is 10.5. The zero-order chi connectivity index (χ0) is 11.5. The molecule has 0 bridgehead atoms. The highest BCUT2D eigenvalue weighted by Crippen LogP contribution is 2.12. The molecule has 2 aromatic rings. The van der Waals surface area contributed by atoms with Gasteiger partial charge >= 0.3 is 0 Å². The Bertz CT molecular complexity index is 543. The zero-order valence-corrected chi connectivity index (χ0v) is 8.36. The van der Waals surface area contributed by atoms with E-state index in [1.807, 2.05) is 0 Å². The molecule has 0 fully saturated rings. The monoisotopic (exact) mass is 221 g/mol. The molecule has 0 unspecified atom stereocenters. The molecule has 0 aliphatic carbocycles. The first-order valence-electron chi connectivity index (χ1n) is 4.76. The van der Waals surface area contributed by atoms with E-state index in [0.717, 1.165) is 6.07 Å². The van der Waals surface area contributed by atoms with E-state index < -0.39 is 11.6 Å². The summed E-state index contributed by atoms with van der Waals surface area (Å²) < 4.78 is 27.8. The number of pyridine rings is 1. The molecule has 0 radical (unpaired) electrons. The average molecular weight is 221 g/mol. The van der Waals surface area contributed by atoms with E-state index in [2.05, 4.69) is 0 Å². The van der Waals surface area contributed by atoms with E-state index >= 15 is 0 Å². The van der Waals surface area contributed by atoms with Crippen LogP contribution in [-0.4, -0.2) is 4.57 Å². The molecule has 16 heavy (non-hydrogen) atoms. The van der Waals surface area contributed by atoms with Crippen LogP contribution < -0.4 is 5.43 Å². The Morgan fingerprint density at radius 2 is 1.75 bits per heavy atom. The lowest BCUT2D eigenvalue weighted by atomic mass is 10.2. The Hall–Kier alpha value is -1.97. The fourth-order valence-corrected chi connectivity index (χ4v) is 1.42. The minimum absolute atomic E-state index is 0.115. The molecule has 0 spiro atoms. The maximum atomic E-state index is 13.3. The second kappa shape index (κ2) is 4.26. The van der Waals surface area contributed by atoms with Gasteiger partial charge in [0.2, 0.25) is 0 Å². The molecule has 0 saturated heterocycles. The van der Waals surface area contributed by atoms with E-state index in [1.165, 1.54) is 36.7 Å². The Morgan fingerprint density at radius 1 is 1.06 bits per heavy atom. The summed E-state index contributed by atoms with van der Waals surface area (Å²) in [6, 6.07) is 6.78. The summed E-state index contributed by atoms with van der Waals surface area (Å²) in [4.78, 5) is 10.8. The first-order chi connectivity index (χ1) is 7.66. The van der Waals surface area contributed by atoms with Crippen LogP contribution in [0.5, 0.6) is 0 Å². The largest absolute Gasteiger partial charge is 0.350 e. The quantitative estimate of drug-likeness (QED) is 0.761. The van der Waals surface area contributed by atoms with Crippen LogP contribution in [0.25, 0.3) is 0 Å². The van der Waals surface area contributed by atoms with Gasteiger partial charge in [0.1, 0.15) is 0 Å². The van der Waals surface area contributed by atoms with Crippen LogP contribution in [0.3, 0.4) is 0 Å². The molecule has 1 aromatic heterocycles. The van der Waals surface area contributed by atoms with Crippen molar-refractivity contribution in [2.45, 2.75) is 6.54 Å². The molecule has 0 N–H and O–H groups in total. The number of hydrogen-bond donors (Lipinski definition) is 0. The van der Waals surface area contributed by atoms with Crippen LogP contribution in [-0.2, 0) is 6.54 Å². The summed E-state index contributed by atoms with van der Waals surface area (Å²) in [6.45, 7) is 0.198. The van der Waals surface area contributed by atoms with Gasteiger partial charge < -0.3 is 4.57 Å². The summed E-state index contributed by atoms with van der Waals surface area (Å²) in [5, 5.41) is 0. The van der Waals surface area contributed by atoms with Crippen LogP contribution >= 0.6 is 0 Å². The van der Waals surface area contributed by atoms with Crippen molar-refractivity contribution in [1.82, 2.24) is 4.57 Å². The molecule has 0 aliphatic rings. The van der Waals surface area contributed by atoms with Gasteiger partial charge in [-0.2, -0.15) is 0 Å². The van der Waals surface area contributed by atoms with Crippen LogP contribution in [0.1, 0.15) is 5.56 Å². The number of aromatic nitrogens is 1. The number of rotatable bonds is 2. The third-order valence-electron chi connectivity index (χ3n) is 2.25. The summed E-state index contributed by atoms with van der Waals surface area (Å²) in [7, 11) is 0. The van der Waals surface area contributed by atoms with Crippen molar-refractivity contribution in [3.05, 3.63) is 70.1 Å². The van der Waals surface area contributed by atoms with E-state index in [4.69, 9.17) is 0 Å². The molecule has 0 aliphatic heterocycles. The SMILES string of the molecule is O=c1ccn(Cc2cccc(F)c2F)cc1. The summed E-state index contributed by atoms with van der Waals surface area (Å²) in [5.41, 5.74) is 0.139. The van der Waals surface area contributed by atoms with E-state index in [9.17, 15) is 13.6 Å². The molecule has 0 atom stereocenters. The minimum Gasteiger partial charge on any atom is -0.350 e. The van der Waals surface area contributed by atoms with Crippen molar-refractivity contribution in [3.8, 4) is 0 Å². The standard InChI is InChI=1S/C12H9F2NO/c13-11-3-1-2-9(12(11)14)8-15-6-4-10(16)5-7-15/h1-7H,8H2. The highest BCUT2D eigenvalue weighted by molar-refractivity contribution is 5.19. The van der Waals surface area contributed by atoms with Gasteiger partial charge in [0, 0.05) is 36.6 Å². The maximum Gasteiger partial charge on any atom is 0.181 e. The predicted octanol–water partition coefficient (Wildman–Crippen LogP) is 2.17. The van der Waals surface area contributed by atoms with Crippen molar-refractivity contribution in [2.75, 3.05) is 0 Å². The lowest BCUT2D eigenvalue weighted by Gasteiger charge is -2.07. The minimum atomic E-state index is -0.862. The molecule has 2 nitrogen and oxygen atoms in total. The van der Waals surface area contributed by atoms with Crippen LogP contribution in [0.15, 0.2) is 47.5 Å². The highest BCUT2D eigenvalue weighted by Gasteiger charge is 2.06. The number of hydrogen-bond acceptors (Lipinski definition) is 1. The fourth-order valence-electron chi connectivity index (χ4n) is 1.42. The van der Waals surface area contributed by atoms with E-state index in [1.54, 1.807) is 4.57 Å². The van der Waals surface area contributed by atoms with Crippen LogP contribution in [0.4, 0.5) is 8.78 Å². The molecule has 4 heteroatoms. The Morgan fingerprint density at radius 3 is 2.44 bits per heavy atom. The number of benzene rings is 1. The van der Waals surface area contributed by atoms with Crippen molar-refractivity contribution < 1.29 is 8.78 Å². The number of halogens is 2. The van der Waals surface area contributed by atoms with Gasteiger partial charge in [-0.05, 0) is 6.07 Å². The van der Waals surface area contributed by atoms with Crippen LogP contribution in [0.2, 0.25) is 0 Å². The van der Waals surface area contributed by atoms with Gasteiger partial charge in [0.15, 0.2) is 17.1 Å². The normalized spacial score (nSPS) is 10.4. The fraction of sp³-hybridized carbons (Fsp3) is 0.0833. The molecule has 1 aromatic carbocycles. The second-order valence-corrected chi connectivity index (χ2v) is 3.42. The number of nitrogens with zero attached hydrogens (tertiary/aromatic N) is 1. The smallest absolute Gasteiger partial charge is 0.181 e. The molecular weight excluding hydrogens is 212 g/mol. The van der Waals surface area contributed by atoms with E-state index in [-0.39, 0.29) is 17.5 Å². The zero-order valence-electron chi connectivity index (χ0n) is 8.36. The third kappa shape index (κ3) is 2.16. The lowest BCUT2D eigenvalue weighted by Crippen LogP contribution is -2.06. The van der Waals surface area contributed by atoms with Gasteiger partial charge in [-0.3, -0.25) is 4.79 Å². The first-order valence-corrected chi connectivity index (χ1v) is 4.76. The van der Waals surface area contributed by atoms with Crippen molar-refractivity contribution >= 4 is 0 Å². The second-order valence-electron chi connectivity index (χ2n) is 3.42. The van der Waals surface area contributed by atoms with Gasteiger partial charge in [0.25, 0.3) is 0 Å². The Kier molecular flexibility index (Phi) is 2.81.